The molecule has 0 unspecified atom stereocenters. The molecule has 1 aromatic carbocycles. The van der Waals surface area contributed by atoms with Gasteiger partial charge in [-0.05, 0) is 24.1 Å². The van der Waals surface area contributed by atoms with Gasteiger partial charge in [-0.2, -0.15) is 0 Å². The van der Waals surface area contributed by atoms with Crippen LogP contribution in [-0.4, -0.2) is 6.54 Å². The van der Waals surface area contributed by atoms with Crippen molar-refractivity contribution in [3.63, 3.8) is 0 Å². The van der Waals surface area contributed by atoms with Gasteiger partial charge in [0.2, 0.25) is 0 Å². The zero-order valence-electron chi connectivity index (χ0n) is 10.5. The van der Waals surface area contributed by atoms with Crippen molar-refractivity contribution in [3.05, 3.63) is 44.2 Å². The molecule has 1 rings (SSSR count). The maximum Gasteiger partial charge on any atom is 0.0315 e. The summed E-state index contributed by atoms with van der Waals surface area (Å²) in [5.41, 5.74) is 2.52. The van der Waals surface area contributed by atoms with Crippen LogP contribution in [0.1, 0.15) is 33.8 Å². The average molecular weight is 348 g/mol. The van der Waals surface area contributed by atoms with Crippen molar-refractivity contribution < 1.29 is 35.6 Å². The van der Waals surface area contributed by atoms with Crippen molar-refractivity contribution in [2.24, 2.45) is 0 Å². The van der Waals surface area contributed by atoms with E-state index in [1.54, 1.807) is 0 Å². The van der Waals surface area contributed by atoms with Gasteiger partial charge in [0.15, 0.2) is 0 Å². The van der Waals surface area contributed by atoms with Gasteiger partial charge < -0.3 is 19.7 Å². The van der Waals surface area contributed by atoms with E-state index < -0.39 is 0 Å². The first kappa shape index (κ1) is 25.2. The van der Waals surface area contributed by atoms with Gasteiger partial charge in [0.25, 0.3) is 0 Å². The molecule has 1 N–H and O–H groups in total. The molecule has 0 aromatic heterocycles. The van der Waals surface area contributed by atoms with Gasteiger partial charge in [-0.1, -0.05) is 40.3 Å². The first-order chi connectivity index (χ1) is 6.36. The Kier molecular flexibility index (Phi) is 27.7. The third-order valence-corrected chi connectivity index (χ3v) is 1.69. The van der Waals surface area contributed by atoms with Crippen LogP contribution in [0.5, 0.6) is 0 Å². The monoisotopic (exact) mass is 348 g/mol. The van der Waals surface area contributed by atoms with Crippen molar-refractivity contribution in [1.29, 1.82) is 0 Å². The molecule has 1 aromatic rings. The van der Waals surface area contributed by atoms with Gasteiger partial charge in [-0.3, -0.25) is 0 Å². The van der Waals surface area contributed by atoms with Gasteiger partial charge >= 0.3 is 0 Å². The summed E-state index contributed by atoms with van der Waals surface area (Å²) in [6.07, 6.45) is 1.10. The Morgan fingerprint density at radius 3 is 1.88 bits per heavy atom. The van der Waals surface area contributed by atoms with E-state index in [-0.39, 0.29) is 50.5 Å². The molecular weight excluding hydrogens is 321 g/mol. The van der Waals surface area contributed by atoms with E-state index in [4.69, 9.17) is 0 Å². The molecule has 0 aliphatic heterocycles. The molecular formula is C14H27LaN-2. The number of aryl methyl sites for hydroxylation is 1. The third-order valence-electron chi connectivity index (χ3n) is 1.69. The molecule has 2 heteroatoms. The maximum atomic E-state index is 3.71. The van der Waals surface area contributed by atoms with Crippen LogP contribution < -0.4 is 5.32 Å². The molecule has 0 atom stereocenters. The van der Waals surface area contributed by atoms with Gasteiger partial charge in [0, 0.05) is 41.3 Å². The topological polar surface area (TPSA) is 12.0 Å². The summed E-state index contributed by atoms with van der Waals surface area (Å²) in [5, 5.41) is 3.15. The second-order valence-electron chi connectivity index (χ2n) is 2.48. The summed E-state index contributed by atoms with van der Waals surface area (Å²) < 4.78 is 0. The quantitative estimate of drug-likeness (QED) is 0.787. The van der Waals surface area contributed by atoms with Crippen molar-refractivity contribution in [2.45, 2.75) is 34.6 Å². The van der Waals surface area contributed by atoms with Crippen LogP contribution in [-0.2, 0) is 6.42 Å². The zero-order chi connectivity index (χ0) is 10.1. The van der Waals surface area contributed by atoms with Crippen LogP contribution in [0, 0.1) is 49.9 Å². The van der Waals surface area contributed by atoms with Crippen LogP contribution in [0.15, 0.2) is 24.3 Å². The van der Waals surface area contributed by atoms with E-state index in [0.29, 0.717) is 0 Å². The molecule has 1 nitrogen and oxygen atoms in total. The molecule has 0 fully saturated rings. The summed E-state index contributed by atoms with van der Waals surface area (Å²) in [5.74, 6) is 0. The van der Waals surface area contributed by atoms with E-state index >= 15 is 0 Å². The second kappa shape index (κ2) is 17.6. The van der Waals surface area contributed by atoms with E-state index in [2.05, 4.69) is 43.4 Å². The number of hydrogen-bond donors (Lipinski definition) is 1. The molecule has 0 heterocycles. The van der Waals surface area contributed by atoms with E-state index in [1.165, 1.54) is 5.56 Å². The molecule has 16 heavy (non-hydrogen) atoms. The van der Waals surface area contributed by atoms with Crippen LogP contribution in [0.2, 0.25) is 0 Å². The Balaban J connectivity index is -0.000000136. The predicted molar refractivity (Wildman–Crippen MR) is 74.2 cm³/mol. The molecule has 0 aliphatic carbocycles. The molecule has 0 saturated carbocycles. The fraction of sp³-hybridized carbons (Fsp3) is 0.429. The van der Waals surface area contributed by atoms with Crippen LogP contribution >= 0.6 is 0 Å². The Hall–Kier alpha value is 0.215. The molecule has 1 radical (unpaired) electrons. The van der Waals surface area contributed by atoms with Crippen LogP contribution in [0.4, 0.5) is 5.69 Å². The minimum Gasteiger partial charge on any atom is -0.415 e. The van der Waals surface area contributed by atoms with E-state index in [1.807, 2.05) is 13.8 Å². The minimum absolute atomic E-state index is 0. The third kappa shape index (κ3) is 10.7. The second-order valence-corrected chi connectivity index (χ2v) is 2.48. The largest absolute Gasteiger partial charge is 0.415 e. The first-order valence-electron chi connectivity index (χ1n) is 4.99. The molecule has 0 aliphatic rings. The van der Waals surface area contributed by atoms with E-state index in [9.17, 15) is 0 Å². The fourth-order valence-electron chi connectivity index (χ4n) is 1.00. The van der Waals surface area contributed by atoms with Crippen LogP contribution in [0.3, 0.4) is 0 Å². The smallest absolute Gasteiger partial charge is 0.0315 e. The summed E-state index contributed by atoms with van der Waals surface area (Å²) in [6, 6.07) is 8.45. The Morgan fingerprint density at radius 2 is 1.56 bits per heavy atom. The summed E-state index contributed by atoms with van der Waals surface area (Å²) >= 11 is 0. The normalized spacial score (nSPS) is 7.00. The maximum absolute atomic E-state index is 3.71. The number of hydrogen-bond acceptors (Lipinski definition) is 1. The van der Waals surface area contributed by atoms with Gasteiger partial charge in [-0.15, -0.1) is 6.54 Å². The molecule has 93 valence electrons. The Labute approximate surface area is 131 Å². The van der Waals surface area contributed by atoms with Gasteiger partial charge in [0.1, 0.15) is 0 Å². The number of rotatable bonds is 3. The minimum atomic E-state index is 0. The van der Waals surface area contributed by atoms with Crippen molar-refractivity contribution >= 4 is 5.69 Å². The molecule has 0 spiro atoms. The SMILES string of the molecule is C.CC.[CH2-]CNc1ccc(CC)cc1.[CH3-].[La]. The molecule has 0 saturated heterocycles. The standard InChI is InChI=1S/C10H14N.C2H6.CH4.CH3.La/c1-3-9-5-7-10(8-6-9)11-4-2;1-2;;;/h5-8,11H,2-4H2,1H3;1-2H3;1H4;1H3;/q-1;;;-1;. The van der Waals surface area contributed by atoms with E-state index in [0.717, 1.165) is 18.7 Å². The predicted octanol–water partition coefficient (Wildman–Crippen LogP) is 4.61. The van der Waals surface area contributed by atoms with Crippen molar-refractivity contribution in [1.82, 2.24) is 0 Å². The summed E-state index contributed by atoms with van der Waals surface area (Å²) in [6.45, 7) is 10.6. The van der Waals surface area contributed by atoms with Gasteiger partial charge in [-0.25, -0.2) is 0 Å². The van der Waals surface area contributed by atoms with Crippen molar-refractivity contribution in [3.8, 4) is 0 Å². The molecule has 0 amide bonds. The zero-order valence-corrected chi connectivity index (χ0v) is 14.1. The Morgan fingerprint density at radius 1 is 1.12 bits per heavy atom. The van der Waals surface area contributed by atoms with Crippen LogP contribution in [0.25, 0.3) is 0 Å². The fourth-order valence-corrected chi connectivity index (χ4v) is 1.00. The number of anilines is 1. The summed E-state index contributed by atoms with van der Waals surface area (Å²) in [7, 11) is 0. The van der Waals surface area contributed by atoms with Gasteiger partial charge in [0.05, 0.1) is 0 Å². The average Bonchev–Trinajstić information content (AvgIpc) is 2.23. The number of nitrogens with one attached hydrogen (secondary N) is 1. The molecule has 0 bridgehead atoms. The Bertz CT molecular complexity index is 206. The summed E-state index contributed by atoms with van der Waals surface area (Å²) in [4.78, 5) is 0. The van der Waals surface area contributed by atoms with Crippen molar-refractivity contribution in [2.75, 3.05) is 11.9 Å². The number of benzene rings is 1. The first-order valence-corrected chi connectivity index (χ1v) is 4.99.